The quantitative estimate of drug-likeness (QED) is 0.454. The normalized spacial score (nSPS) is 23.7. The first-order valence-electron chi connectivity index (χ1n) is 15.2. The van der Waals surface area contributed by atoms with E-state index in [2.05, 4.69) is 47.9 Å². The van der Waals surface area contributed by atoms with Crippen molar-refractivity contribution in [2.45, 2.75) is 116 Å². The Morgan fingerprint density at radius 3 is 2.41 bits per heavy atom. The van der Waals surface area contributed by atoms with Crippen LogP contribution in [0.1, 0.15) is 104 Å². The maximum atomic E-state index is 13.5. The molecule has 1 saturated carbocycles. The number of aliphatic imine (C=N–C) groups is 1. The Balaban J connectivity index is 0.00000205. The van der Waals surface area contributed by atoms with Crippen LogP contribution in [0.4, 0.5) is 0 Å². The van der Waals surface area contributed by atoms with Crippen LogP contribution in [-0.4, -0.2) is 59.5 Å². The number of nitrogens with zero attached hydrogens (tertiary/aromatic N) is 2. The molecule has 2 N–H and O–H groups in total. The molecule has 1 aliphatic carbocycles. The predicted molar refractivity (Wildman–Crippen MR) is 158 cm³/mol. The number of likely N-dealkylation sites (tertiary alicyclic amines) is 1. The van der Waals surface area contributed by atoms with Crippen LogP contribution in [0.15, 0.2) is 35.3 Å². The highest BCUT2D eigenvalue weighted by atomic mass is 16.2. The van der Waals surface area contributed by atoms with Gasteiger partial charge in [-0.25, -0.2) is 0 Å². The van der Waals surface area contributed by atoms with Crippen molar-refractivity contribution in [1.29, 1.82) is 0 Å². The third kappa shape index (κ3) is 7.70. The molecule has 39 heavy (non-hydrogen) atoms. The monoisotopic (exact) mass is 538 g/mol. The number of carbonyl (C=O) groups is 3. The fraction of sp³-hybridized carbons (Fsp3) is 0.688. The lowest BCUT2D eigenvalue weighted by atomic mass is 9.70. The van der Waals surface area contributed by atoms with Crippen LogP contribution in [0.2, 0.25) is 0 Å². The summed E-state index contributed by atoms with van der Waals surface area (Å²) in [6, 6.07) is 10.2. The molecule has 2 saturated heterocycles. The average molecular weight is 539 g/mol. The molecule has 0 bridgehead atoms. The number of rotatable bonds is 9. The average Bonchev–Trinajstić information content (AvgIpc) is 3.59. The third-order valence-electron chi connectivity index (χ3n) is 8.68. The van der Waals surface area contributed by atoms with Crippen molar-refractivity contribution in [3.05, 3.63) is 35.9 Å². The van der Waals surface area contributed by atoms with Gasteiger partial charge < -0.3 is 15.5 Å². The number of amides is 3. The molecule has 2 heterocycles. The summed E-state index contributed by atoms with van der Waals surface area (Å²) in [5, 5.41) is 5.57. The Morgan fingerprint density at radius 2 is 1.79 bits per heavy atom. The number of carbonyl (C=O) groups excluding carboxylic acids is 3. The number of nitrogens with one attached hydrogen (secondary N) is 2. The topological polar surface area (TPSA) is 90.9 Å². The van der Waals surface area contributed by atoms with E-state index in [1.165, 1.54) is 37.0 Å². The molecule has 4 rings (SSSR count). The molecule has 2 unspecified atom stereocenters. The number of piperidine rings is 1. The van der Waals surface area contributed by atoms with E-state index in [-0.39, 0.29) is 23.1 Å². The molecule has 3 amide bonds. The Kier molecular flexibility index (Phi) is 11.1. The molecule has 1 aromatic carbocycles. The minimum Gasteiger partial charge on any atom is -0.344 e. The summed E-state index contributed by atoms with van der Waals surface area (Å²) in [6.45, 7) is 11.9. The molecule has 0 radical (unpaired) electrons. The van der Waals surface area contributed by atoms with Gasteiger partial charge in [-0.15, -0.1) is 0 Å². The molecule has 2 aliphatic heterocycles. The highest BCUT2D eigenvalue weighted by molar-refractivity contribution is 5.95. The SMILES string of the molecule is CC.CCCC1CCCC1=NCCC1(c2ccccc2)CCN(C(=O)C(C)(C)NC(=O)C2CCC(=O)N2)CC1. The Hall–Kier alpha value is -2.70. The van der Waals surface area contributed by atoms with Gasteiger partial charge in [-0.05, 0) is 76.7 Å². The van der Waals surface area contributed by atoms with Gasteiger partial charge in [0.25, 0.3) is 0 Å². The highest BCUT2D eigenvalue weighted by Crippen LogP contribution is 2.39. The summed E-state index contributed by atoms with van der Waals surface area (Å²) in [5.74, 6) is 0.205. The van der Waals surface area contributed by atoms with E-state index < -0.39 is 11.6 Å². The fourth-order valence-corrected chi connectivity index (χ4v) is 6.45. The smallest absolute Gasteiger partial charge is 0.247 e. The molecule has 1 aromatic rings. The summed E-state index contributed by atoms with van der Waals surface area (Å²) >= 11 is 0. The third-order valence-corrected chi connectivity index (χ3v) is 8.68. The standard InChI is InChI=1S/C30H44N4O3.C2H6/c1-4-9-22-10-8-13-24(22)31-19-16-30(23-11-6-5-7-12-23)17-20-34(21-18-30)28(37)29(2,3)33-27(36)25-14-15-26(35)32-25;1-2/h5-7,11-12,22,25H,4,8-10,13-21H2,1-3H3,(H,32,35)(H,33,36);1-2H3. The van der Waals surface area contributed by atoms with Gasteiger partial charge in [0, 0.05) is 37.2 Å². The van der Waals surface area contributed by atoms with Crippen molar-refractivity contribution in [2.75, 3.05) is 19.6 Å². The first-order valence-corrected chi connectivity index (χ1v) is 15.2. The molecular weight excluding hydrogens is 488 g/mol. The van der Waals surface area contributed by atoms with E-state index in [1.807, 2.05) is 18.7 Å². The summed E-state index contributed by atoms with van der Waals surface area (Å²) in [7, 11) is 0. The Bertz CT molecular complexity index is 996. The van der Waals surface area contributed by atoms with Crippen molar-refractivity contribution in [2.24, 2.45) is 10.9 Å². The van der Waals surface area contributed by atoms with Crippen LogP contribution >= 0.6 is 0 Å². The fourth-order valence-electron chi connectivity index (χ4n) is 6.45. The number of hydrogen-bond acceptors (Lipinski definition) is 4. The maximum absolute atomic E-state index is 13.5. The molecule has 3 aliphatic rings. The van der Waals surface area contributed by atoms with Crippen molar-refractivity contribution < 1.29 is 14.4 Å². The Morgan fingerprint density at radius 1 is 1.10 bits per heavy atom. The predicted octanol–water partition coefficient (Wildman–Crippen LogP) is 5.18. The van der Waals surface area contributed by atoms with Gasteiger partial charge in [0.1, 0.15) is 11.6 Å². The lowest BCUT2D eigenvalue weighted by Gasteiger charge is -2.44. The minimum atomic E-state index is -1.03. The van der Waals surface area contributed by atoms with Gasteiger partial charge in [-0.3, -0.25) is 19.4 Å². The largest absolute Gasteiger partial charge is 0.344 e. The van der Waals surface area contributed by atoms with Gasteiger partial charge in [0.2, 0.25) is 17.7 Å². The van der Waals surface area contributed by atoms with Crippen LogP contribution in [0.3, 0.4) is 0 Å². The Labute approximate surface area is 235 Å². The highest BCUT2D eigenvalue weighted by Gasteiger charge is 2.42. The van der Waals surface area contributed by atoms with Gasteiger partial charge in [0.15, 0.2) is 0 Å². The van der Waals surface area contributed by atoms with Gasteiger partial charge in [-0.2, -0.15) is 0 Å². The summed E-state index contributed by atoms with van der Waals surface area (Å²) in [4.78, 5) is 44.7. The van der Waals surface area contributed by atoms with Crippen molar-refractivity contribution in [3.8, 4) is 0 Å². The first kappa shape index (κ1) is 30.8. The molecule has 7 nitrogen and oxygen atoms in total. The van der Waals surface area contributed by atoms with E-state index in [0.29, 0.717) is 31.8 Å². The molecular formula is C32H50N4O3. The van der Waals surface area contributed by atoms with E-state index >= 15 is 0 Å². The molecule has 0 aromatic heterocycles. The molecule has 216 valence electrons. The van der Waals surface area contributed by atoms with Crippen molar-refractivity contribution in [3.63, 3.8) is 0 Å². The lowest BCUT2D eigenvalue weighted by Crippen LogP contribution is -2.60. The zero-order valence-electron chi connectivity index (χ0n) is 24.9. The van der Waals surface area contributed by atoms with E-state index in [9.17, 15) is 14.4 Å². The zero-order chi connectivity index (χ0) is 28.5. The molecule has 2 atom stereocenters. The molecule has 3 fully saturated rings. The lowest BCUT2D eigenvalue weighted by molar-refractivity contribution is -0.142. The van der Waals surface area contributed by atoms with E-state index in [4.69, 9.17) is 4.99 Å². The zero-order valence-corrected chi connectivity index (χ0v) is 24.9. The van der Waals surface area contributed by atoms with Crippen LogP contribution in [0, 0.1) is 5.92 Å². The maximum Gasteiger partial charge on any atom is 0.247 e. The van der Waals surface area contributed by atoms with E-state index in [0.717, 1.165) is 32.2 Å². The van der Waals surface area contributed by atoms with Crippen LogP contribution < -0.4 is 10.6 Å². The van der Waals surface area contributed by atoms with Gasteiger partial charge >= 0.3 is 0 Å². The summed E-state index contributed by atoms with van der Waals surface area (Å²) in [6.07, 6.45) is 9.75. The summed E-state index contributed by atoms with van der Waals surface area (Å²) in [5.41, 5.74) is 1.74. The van der Waals surface area contributed by atoms with Crippen LogP contribution in [0.25, 0.3) is 0 Å². The first-order chi connectivity index (χ1) is 18.7. The van der Waals surface area contributed by atoms with E-state index in [1.54, 1.807) is 13.8 Å². The van der Waals surface area contributed by atoms with Crippen LogP contribution in [-0.2, 0) is 19.8 Å². The number of benzene rings is 1. The van der Waals surface area contributed by atoms with Crippen LogP contribution in [0.5, 0.6) is 0 Å². The second kappa shape index (κ2) is 14.1. The second-order valence-electron chi connectivity index (χ2n) is 11.7. The van der Waals surface area contributed by atoms with Crippen molar-refractivity contribution >= 4 is 23.4 Å². The van der Waals surface area contributed by atoms with Gasteiger partial charge in [-0.1, -0.05) is 57.5 Å². The summed E-state index contributed by atoms with van der Waals surface area (Å²) < 4.78 is 0. The van der Waals surface area contributed by atoms with Gasteiger partial charge in [0.05, 0.1) is 0 Å². The minimum absolute atomic E-state index is 0.00246. The number of hydrogen-bond donors (Lipinski definition) is 2. The molecule has 7 heteroatoms. The van der Waals surface area contributed by atoms with Crippen molar-refractivity contribution in [1.82, 2.24) is 15.5 Å². The molecule has 0 spiro atoms. The second-order valence-corrected chi connectivity index (χ2v) is 11.7.